The molecule has 156 valence electrons. The van der Waals surface area contributed by atoms with Gasteiger partial charge in [-0.3, -0.25) is 4.79 Å². The topological polar surface area (TPSA) is 111 Å². The maximum absolute atomic E-state index is 12.4. The van der Waals surface area contributed by atoms with Crippen LogP contribution in [0.15, 0.2) is 8.76 Å². The molecule has 1 fully saturated rings. The lowest BCUT2D eigenvalue weighted by Gasteiger charge is -2.34. The summed E-state index contributed by atoms with van der Waals surface area (Å²) in [6.07, 6.45) is -4.34. The number of thioether (sulfide) groups is 1. The Morgan fingerprint density at radius 3 is 2.72 bits per heavy atom. The van der Waals surface area contributed by atoms with Crippen molar-refractivity contribution < 1.29 is 22.4 Å². The first-order chi connectivity index (χ1) is 13.7. The van der Waals surface area contributed by atoms with E-state index in [1.54, 1.807) is 11.8 Å². The molecule has 9 nitrogen and oxygen atoms in total. The van der Waals surface area contributed by atoms with Gasteiger partial charge in [-0.05, 0) is 0 Å². The molecule has 0 atom stereocenters. The molecule has 0 aromatic carbocycles. The fraction of sp³-hybridized carbons (Fsp3) is 0.533. The standard InChI is InChI=1S/C15H16F3N7O2S2/c1-9-21-10(6-19)12(27-9)25-4-2-24(3-5-25)11(26)7-28-14-23-22-13(29-14)20-8-15(16,17)18/h2-5,7-8H2,1H3,(H,20,22). The minimum Gasteiger partial charge on any atom is -0.424 e. The number of nitriles is 1. The number of hydrogen-bond acceptors (Lipinski definition) is 10. The molecule has 1 aliphatic rings. The predicted molar refractivity (Wildman–Crippen MR) is 99.9 cm³/mol. The zero-order valence-electron chi connectivity index (χ0n) is 15.2. The van der Waals surface area contributed by atoms with Crippen LogP contribution in [0.1, 0.15) is 11.6 Å². The van der Waals surface area contributed by atoms with Gasteiger partial charge in [-0.1, -0.05) is 23.1 Å². The number of hydrogen-bond donors (Lipinski definition) is 1. The first-order valence-corrected chi connectivity index (χ1v) is 10.2. The normalized spacial score (nSPS) is 14.7. The Morgan fingerprint density at radius 2 is 2.07 bits per heavy atom. The number of halogens is 3. The van der Waals surface area contributed by atoms with Gasteiger partial charge in [0.25, 0.3) is 0 Å². The lowest BCUT2D eigenvalue weighted by Crippen LogP contribution is -2.49. The van der Waals surface area contributed by atoms with Crippen molar-refractivity contribution >= 4 is 40.0 Å². The van der Waals surface area contributed by atoms with Gasteiger partial charge in [0.05, 0.1) is 5.75 Å². The number of rotatable bonds is 6. The van der Waals surface area contributed by atoms with Crippen molar-refractivity contribution in [3.05, 3.63) is 11.6 Å². The van der Waals surface area contributed by atoms with Crippen molar-refractivity contribution in [2.45, 2.75) is 17.4 Å². The molecule has 3 rings (SSSR count). The SMILES string of the molecule is Cc1nc(C#N)c(N2CCN(C(=O)CSc3nnc(NCC(F)(F)F)s3)CC2)o1. The van der Waals surface area contributed by atoms with Crippen molar-refractivity contribution in [2.24, 2.45) is 0 Å². The highest BCUT2D eigenvalue weighted by molar-refractivity contribution is 8.01. The number of aryl methyl sites for hydroxylation is 1. The van der Waals surface area contributed by atoms with E-state index < -0.39 is 12.7 Å². The van der Waals surface area contributed by atoms with Crippen molar-refractivity contribution in [3.8, 4) is 6.07 Å². The Labute approximate surface area is 171 Å². The quantitative estimate of drug-likeness (QED) is 0.666. The second-order valence-electron chi connectivity index (χ2n) is 6.00. The first kappa shape index (κ1) is 21.2. The summed E-state index contributed by atoms with van der Waals surface area (Å²) in [4.78, 5) is 20.0. The average molecular weight is 447 g/mol. The Morgan fingerprint density at radius 1 is 1.34 bits per heavy atom. The van der Waals surface area contributed by atoms with Crippen molar-refractivity contribution in [3.63, 3.8) is 0 Å². The van der Waals surface area contributed by atoms with Gasteiger partial charge in [-0.25, -0.2) is 4.98 Å². The van der Waals surface area contributed by atoms with Crippen LogP contribution in [-0.4, -0.2) is 70.6 Å². The number of amides is 1. The summed E-state index contributed by atoms with van der Waals surface area (Å²) in [5, 5.41) is 18.7. The average Bonchev–Trinajstić information content (AvgIpc) is 3.30. The highest BCUT2D eigenvalue weighted by atomic mass is 32.2. The van der Waals surface area contributed by atoms with Gasteiger partial charge in [0.15, 0.2) is 10.2 Å². The van der Waals surface area contributed by atoms with Crippen LogP contribution in [0.4, 0.5) is 24.2 Å². The van der Waals surface area contributed by atoms with Gasteiger partial charge in [-0.2, -0.15) is 18.4 Å². The highest BCUT2D eigenvalue weighted by Crippen LogP contribution is 2.27. The fourth-order valence-corrected chi connectivity index (χ4v) is 4.24. The molecule has 0 spiro atoms. The molecule has 0 aliphatic carbocycles. The van der Waals surface area contributed by atoms with Crippen LogP contribution in [0.25, 0.3) is 0 Å². The van der Waals surface area contributed by atoms with E-state index in [1.807, 2.05) is 11.0 Å². The number of nitrogens with one attached hydrogen (secondary N) is 1. The molecule has 29 heavy (non-hydrogen) atoms. The molecule has 0 bridgehead atoms. The van der Waals surface area contributed by atoms with E-state index in [-0.39, 0.29) is 22.5 Å². The summed E-state index contributed by atoms with van der Waals surface area (Å²) < 4.78 is 42.5. The summed E-state index contributed by atoms with van der Waals surface area (Å²) >= 11 is 2.10. The molecule has 0 radical (unpaired) electrons. The molecule has 1 saturated heterocycles. The molecule has 0 saturated carbocycles. The minimum absolute atomic E-state index is 0.0570. The summed E-state index contributed by atoms with van der Waals surface area (Å²) in [6, 6.07) is 2.00. The number of aromatic nitrogens is 3. The van der Waals surface area contributed by atoms with Gasteiger partial charge in [0.2, 0.25) is 22.6 Å². The largest absolute Gasteiger partial charge is 0.424 e. The Hall–Kier alpha value is -2.53. The molecule has 1 amide bonds. The van der Waals surface area contributed by atoms with E-state index in [4.69, 9.17) is 9.68 Å². The number of piperazine rings is 1. The van der Waals surface area contributed by atoms with E-state index in [0.717, 1.165) is 23.1 Å². The van der Waals surface area contributed by atoms with Crippen LogP contribution < -0.4 is 10.2 Å². The third-order valence-corrected chi connectivity index (χ3v) is 5.91. The molecule has 3 heterocycles. The molecule has 2 aromatic heterocycles. The number of carbonyl (C=O) groups is 1. The van der Waals surface area contributed by atoms with Crippen LogP contribution in [0, 0.1) is 18.3 Å². The van der Waals surface area contributed by atoms with Gasteiger partial charge < -0.3 is 19.5 Å². The third kappa shape index (κ3) is 5.73. The number of anilines is 2. The van der Waals surface area contributed by atoms with Gasteiger partial charge in [0, 0.05) is 33.1 Å². The first-order valence-electron chi connectivity index (χ1n) is 8.42. The van der Waals surface area contributed by atoms with Crippen molar-refractivity contribution in [1.29, 1.82) is 5.26 Å². The zero-order valence-corrected chi connectivity index (χ0v) is 16.8. The Kier molecular flexibility index (Phi) is 6.48. The van der Waals surface area contributed by atoms with E-state index in [1.165, 1.54) is 0 Å². The van der Waals surface area contributed by atoms with Gasteiger partial charge in [-0.15, -0.1) is 10.2 Å². The summed E-state index contributed by atoms with van der Waals surface area (Å²) in [7, 11) is 0. The summed E-state index contributed by atoms with van der Waals surface area (Å²) in [5.74, 6) is 0.828. The second-order valence-corrected chi connectivity index (χ2v) is 8.20. The predicted octanol–water partition coefficient (Wildman–Crippen LogP) is 2.12. The van der Waals surface area contributed by atoms with Crippen molar-refractivity contribution in [2.75, 3.05) is 48.7 Å². The van der Waals surface area contributed by atoms with Gasteiger partial charge >= 0.3 is 6.18 Å². The van der Waals surface area contributed by atoms with Crippen LogP contribution in [-0.2, 0) is 4.79 Å². The highest BCUT2D eigenvalue weighted by Gasteiger charge is 2.28. The zero-order chi connectivity index (χ0) is 21.0. The molecule has 14 heteroatoms. The lowest BCUT2D eigenvalue weighted by molar-refractivity contribution is -0.128. The maximum atomic E-state index is 12.4. The van der Waals surface area contributed by atoms with Gasteiger partial charge in [0.1, 0.15) is 12.6 Å². The third-order valence-electron chi connectivity index (χ3n) is 3.91. The minimum atomic E-state index is -4.34. The van der Waals surface area contributed by atoms with Crippen LogP contribution in [0.5, 0.6) is 0 Å². The van der Waals surface area contributed by atoms with E-state index in [2.05, 4.69) is 20.5 Å². The number of alkyl halides is 3. The van der Waals surface area contributed by atoms with E-state index >= 15 is 0 Å². The molecular weight excluding hydrogens is 431 g/mol. The second kappa shape index (κ2) is 8.87. The summed E-state index contributed by atoms with van der Waals surface area (Å²) in [6.45, 7) is 2.40. The Bertz CT molecular complexity index is 901. The molecular formula is C15H16F3N7O2S2. The molecule has 1 aliphatic heterocycles. The van der Waals surface area contributed by atoms with Crippen LogP contribution in [0.2, 0.25) is 0 Å². The summed E-state index contributed by atoms with van der Waals surface area (Å²) in [5.41, 5.74) is 0.226. The Balaban J connectivity index is 1.46. The fourth-order valence-electron chi connectivity index (χ4n) is 2.59. The number of oxazole rings is 1. The number of nitrogens with zero attached hydrogens (tertiary/aromatic N) is 6. The smallest absolute Gasteiger partial charge is 0.405 e. The van der Waals surface area contributed by atoms with Crippen LogP contribution >= 0.6 is 23.1 Å². The van der Waals surface area contributed by atoms with E-state index in [9.17, 15) is 18.0 Å². The lowest BCUT2D eigenvalue weighted by atomic mass is 10.3. The molecule has 0 unspecified atom stereocenters. The number of carbonyl (C=O) groups excluding carboxylic acids is 1. The van der Waals surface area contributed by atoms with E-state index in [0.29, 0.717) is 42.3 Å². The molecule has 1 N–H and O–H groups in total. The maximum Gasteiger partial charge on any atom is 0.405 e. The molecule has 2 aromatic rings. The monoisotopic (exact) mass is 447 g/mol. The van der Waals surface area contributed by atoms with Crippen LogP contribution in [0.3, 0.4) is 0 Å². The van der Waals surface area contributed by atoms with Crippen molar-refractivity contribution in [1.82, 2.24) is 20.1 Å².